The highest BCUT2D eigenvalue weighted by atomic mass is 19.1. The number of likely N-dealkylation sites (tertiary alicyclic amines) is 1. The third-order valence-corrected chi connectivity index (χ3v) is 7.37. The number of hydrogen-bond donors (Lipinski definition) is 1. The van der Waals surface area contributed by atoms with Gasteiger partial charge in [0.2, 0.25) is 0 Å². The molecule has 0 radical (unpaired) electrons. The molecule has 1 saturated heterocycles. The summed E-state index contributed by atoms with van der Waals surface area (Å²) in [5.41, 5.74) is 3.18. The fourth-order valence-corrected chi connectivity index (χ4v) is 5.53. The van der Waals surface area contributed by atoms with E-state index in [1.807, 2.05) is 0 Å². The molecule has 36 heavy (non-hydrogen) atoms. The van der Waals surface area contributed by atoms with Crippen molar-refractivity contribution in [2.24, 2.45) is 0 Å². The Morgan fingerprint density at radius 2 is 1.94 bits per heavy atom. The van der Waals surface area contributed by atoms with Gasteiger partial charge in [-0.2, -0.15) is 0 Å². The molecule has 0 aliphatic carbocycles. The van der Waals surface area contributed by atoms with Crippen molar-refractivity contribution < 1.29 is 23.8 Å². The summed E-state index contributed by atoms with van der Waals surface area (Å²) in [7, 11) is 0. The van der Waals surface area contributed by atoms with Crippen molar-refractivity contribution in [2.75, 3.05) is 59.1 Å². The molecule has 3 aliphatic rings. The number of carbonyl (C=O) groups excluding carboxylic acids is 1. The van der Waals surface area contributed by atoms with E-state index in [1.165, 1.54) is 11.1 Å². The first-order valence-corrected chi connectivity index (χ1v) is 13.1. The predicted molar refractivity (Wildman–Crippen MR) is 135 cm³/mol. The van der Waals surface area contributed by atoms with Crippen LogP contribution < -0.4 is 9.47 Å². The molecule has 1 amide bonds. The second kappa shape index (κ2) is 11.6. The molecule has 1 unspecified atom stereocenters. The number of carbonyl (C=O) groups is 1. The lowest BCUT2D eigenvalue weighted by molar-refractivity contribution is 0.0501. The molecule has 0 bridgehead atoms. The van der Waals surface area contributed by atoms with Gasteiger partial charge in [-0.25, -0.2) is 4.39 Å². The molecule has 1 N–H and O–H groups in total. The summed E-state index contributed by atoms with van der Waals surface area (Å²) in [6, 6.07) is 13.8. The van der Waals surface area contributed by atoms with Gasteiger partial charge in [-0.05, 0) is 49.1 Å². The van der Waals surface area contributed by atoms with E-state index in [0.29, 0.717) is 49.8 Å². The smallest absolute Gasteiger partial charge is 0.257 e. The molecule has 2 aromatic rings. The summed E-state index contributed by atoms with van der Waals surface area (Å²) in [6.45, 7) is 5.00. The average Bonchev–Trinajstić information content (AvgIpc) is 3.02. The Bertz CT molecular complexity index is 1050. The van der Waals surface area contributed by atoms with Crippen molar-refractivity contribution in [2.45, 2.75) is 38.0 Å². The first kappa shape index (κ1) is 25.0. The number of ether oxygens (including phenoxy) is 2. The first-order valence-electron chi connectivity index (χ1n) is 13.1. The molecule has 3 heterocycles. The Kier molecular flexibility index (Phi) is 8.04. The molecule has 0 spiro atoms. The van der Waals surface area contributed by atoms with Crippen molar-refractivity contribution in [3.8, 4) is 11.5 Å². The maximum atomic E-state index is 13.3. The van der Waals surface area contributed by atoms with Crippen LogP contribution in [0.25, 0.3) is 0 Å². The van der Waals surface area contributed by atoms with Crippen molar-refractivity contribution in [3.05, 3.63) is 59.2 Å². The van der Waals surface area contributed by atoms with Crippen LogP contribution in [0, 0.1) is 0 Å². The number of benzene rings is 2. The highest BCUT2D eigenvalue weighted by molar-refractivity contribution is 5.97. The van der Waals surface area contributed by atoms with E-state index in [9.17, 15) is 14.3 Å². The van der Waals surface area contributed by atoms with E-state index < -0.39 is 6.10 Å². The number of aliphatic hydroxyl groups is 1. The lowest BCUT2D eigenvalue weighted by Gasteiger charge is -2.32. The molecule has 194 valence electrons. The fourth-order valence-electron chi connectivity index (χ4n) is 5.53. The van der Waals surface area contributed by atoms with Crippen molar-refractivity contribution in [1.29, 1.82) is 0 Å². The van der Waals surface area contributed by atoms with Gasteiger partial charge in [0, 0.05) is 45.3 Å². The topological polar surface area (TPSA) is 65.5 Å². The largest absolute Gasteiger partial charge is 0.491 e. The number of aliphatic hydroxyl groups excluding tert-OH is 1. The molecule has 5 rings (SSSR count). The zero-order valence-corrected chi connectivity index (χ0v) is 20.8. The maximum absolute atomic E-state index is 13.3. The van der Waals surface area contributed by atoms with E-state index in [2.05, 4.69) is 34.1 Å². The lowest BCUT2D eigenvalue weighted by atomic mass is 10.00. The third kappa shape index (κ3) is 5.99. The van der Waals surface area contributed by atoms with Crippen LogP contribution in [0.1, 0.15) is 34.3 Å². The van der Waals surface area contributed by atoms with E-state index in [1.54, 1.807) is 23.1 Å². The van der Waals surface area contributed by atoms with E-state index in [0.717, 1.165) is 38.9 Å². The molecule has 8 heteroatoms. The number of alkyl halides is 1. The highest BCUT2D eigenvalue weighted by Gasteiger charge is 2.28. The zero-order valence-electron chi connectivity index (χ0n) is 20.8. The van der Waals surface area contributed by atoms with Gasteiger partial charge in [-0.15, -0.1) is 0 Å². The van der Waals surface area contributed by atoms with Gasteiger partial charge in [-0.1, -0.05) is 24.3 Å². The van der Waals surface area contributed by atoms with Crippen LogP contribution in [0.4, 0.5) is 4.39 Å². The third-order valence-electron chi connectivity index (χ3n) is 7.37. The second-order valence-electron chi connectivity index (χ2n) is 10.0. The van der Waals surface area contributed by atoms with Gasteiger partial charge in [0.25, 0.3) is 5.91 Å². The maximum Gasteiger partial charge on any atom is 0.257 e. The number of piperidine rings is 1. The SMILES string of the molecule is O=C1c2ccc(OC3CCCN(CCF)C3)cc2OCCN1C[C@H](O)CN1CCc2ccccc2C1. The Labute approximate surface area is 212 Å². The predicted octanol–water partition coefficient (Wildman–Crippen LogP) is 2.75. The minimum Gasteiger partial charge on any atom is -0.491 e. The van der Waals surface area contributed by atoms with Crippen molar-refractivity contribution in [3.63, 3.8) is 0 Å². The quantitative estimate of drug-likeness (QED) is 0.605. The van der Waals surface area contributed by atoms with Crippen LogP contribution in [0.2, 0.25) is 0 Å². The standard InChI is InChI=1S/C28H36FN3O4/c29-10-13-30-11-3-6-25(20-30)36-24-7-8-26-27(16-24)35-15-14-32(28(26)34)19-23(33)18-31-12-9-21-4-1-2-5-22(21)17-31/h1-2,4-5,7-8,16,23,25,33H,3,6,9-15,17-20H2/t23-,25?/m1/s1. The van der Waals surface area contributed by atoms with Gasteiger partial charge in [-0.3, -0.25) is 14.6 Å². The highest BCUT2D eigenvalue weighted by Crippen LogP contribution is 2.30. The number of β-amino-alcohol motifs (C(OH)–C–C–N with tert-alkyl or cyclic N) is 1. The summed E-state index contributed by atoms with van der Waals surface area (Å²) in [5.74, 6) is 1.04. The van der Waals surface area contributed by atoms with Gasteiger partial charge in [0.15, 0.2) is 0 Å². The molecule has 3 aliphatic heterocycles. The monoisotopic (exact) mass is 497 g/mol. The number of fused-ring (bicyclic) bond motifs is 2. The molecule has 0 saturated carbocycles. The Balaban J connectivity index is 1.18. The minimum atomic E-state index is -0.637. The van der Waals surface area contributed by atoms with Crippen LogP contribution in [0.15, 0.2) is 42.5 Å². The molecule has 2 atom stereocenters. The van der Waals surface area contributed by atoms with E-state index >= 15 is 0 Å². The van der Waals surface area contributed by atoms with Crippen molar-refractivity contribution in [1.82, 2.24) is 14.7 Å². The Morgan fingerprint density at radius 3 is 2.81 bits per heavy atom. The van der Waals surface area contributed by atoms with Crippen LogP contribution in [0.3, 0.4) is 0 Å². The lowest BCUT2D eigenvalue weighted by Crippen LogP contribution is -2.44. The minimum absolute atomic E-state index is 0.00164. The normalized spacial score (nSPS) is 21.8. The fraction of sp³-hybridized carbons (Fsp3) is 0.536. The average molecular weight is 498 g/mol. The van der Waals surface area contributed by atoms with Gasteiger partial charge < -0.3 is 19.5 Å². The molecule has 1 fully saturated rings. The first-order chi connectivity index (χ1) is 17.6. The van der Waals surface area contributed by atoms with Crippen LogP contribution in [0.5, 0.6) is 11.5 Å². The summed E-state index contributed by atoms with van der Waals surface area (Å²) in [5, 5.41) is 10.8. The van der Waals surface area contributed by atoms with E-state index in [4.69, 9.17) is 9.47 Å². The number of rotatable bonds is 8. The molecular weight excluding hydrogens is 461 g/mol. The molecule has 2 aromatic carbocycles. The molecular formula is C28H36FN3O4. The van der Waals surface area contributed by atoms with Gasteiger partial charge >= 0.3 is 0 Å². The number of hydrogen-bond acceptors (Lipinski definition) is 6. The van der Waals surface area contributed by atoms with Crippen LogP contribution in [-0.4, -0.2) is 97.0 Å². The number of nitrogens with zero attached hydrogens (tertiary/aromatic N) is 3. The van der Waals surface area contributed by atoms with Crippen LogP contribution >= 0.6 is 0 Å². The van der Waals surface area contributed by atoms with Crippen LogP contribution in [-0.2, 0) is 13.0 Å². The van der Waals surface area contributed by atoms with Crippen molar-refractivity contribution >= 4 is 5.91 Å². The molecule has 0 aromatic heterocycles. The number of halogens is 1. The number of amides is 1. The Hall–Kier alpha value is -2.68. The van der Waals surface area contributed by atoms with E-state index in [-0.39, 0.29) is 25.2 Å². The van der Waals surface area contributed by atoms with Gasteiger partial charge in [0.1, 0.15) is 30.9 Å². The summed E-state index contributed by atoms with van der Waals surface area (Å²) in [4.78, 5) is 19.3. The molecule has 7 nitrogen and oxygen atoms in total. The summed E-state index contributed by atoms with van der Waals surface area (Å²) < 4.78 is 24.8. The Morgan fingerprint density at radius 1 is 1.08 bits per heavy atom. The van der Waals surface area contributed by atoms with Gasteiger partial charge in [0.05, 0.1) is 18.2 Å². The zero-order chi connectivity index (χ0) is 24.9. The summed E-state index contributed by atoms with van der Waals surface area (Å²) in [6.07, 6.45) is 2.24. The summed E-state index contributed by atoms with van der Waals surface area (Å²) >= 11 is 0. The second-order valence-corrected chi connectivity index (χ2v) is 10.0.